The number of hydrogen-bond donors (Lipinski definition) is 1. The fourth-order valence-corrected chi connectivity index (χ4v) is 2.44. The highest BCUT2D eigenvalue weighted by Crippen LogP contribution is 2.30. The van der Waals surface area contributed by atoms with E-state index < -0.39 is 11.4 Å². The molecule has 0 bridgehead atoms. The van der Waals surface area contributed by atoms with Gasteiger partial charge in [-0.2, -0.15) is 0 Å². The Balaban J connectivity index is 2.71. The van der Waals surface area contributed by atoms with Crippen molar-refractivity contribution in [3.05, 3.63) is 0 Å². The van der Waals surface area contributed by atoms with Gasteiger partial charge in [0.1, 0.15) is 0 Å². The maximum Gasteiger partial charge on any atom is 0.320 e. The molecule has 1 atom stereocenters. The molecule has 18 heavy (non-hydrogen) atoms. The third-order valence-corrected chi connectivity index (χ3v) is 3.63. The van der Waals surface area contributed by atoms with E-state index in [9.17, 15) is 14.7 Å². The standard InChI is InChI=1S/C13H24N2O3/c1-4-8-14(5-2)12(18)15-9-6-7-13(3,10-15)11(16)17/h4-10H2,1-3H3,(H,16,17). The average Bonchev–Trinajstić information content (AvgIpc) is 2.35. The highest BCUT2D eigenvalue weighted by molar-refractivity contribution is 5.78. The maximum absolute atomic E-state index is 12.3. The maximum atomic E-state index is 12.3. The normalized spacial score (nSPS) is 23.8. The quantitative estimate of drug-likeness (QED) is 0.837. The highest BCUT2D eigenvalue weighted by Gasteiger charge is 2.40. The van der Waals surface area contributed by atoms with Gasteiger partial charge < -0.3 is 14.9 Å². The Kier molecular flexibility index (Phi) is 4.99. The average molecular weight is 256 g/mol. The second-order valence-corrected chi connectivity index (χ2v) is 5.25. The Bertz CT molecular complexity index is 319. The molecule has 1 saturated heterocycles. The lowest BCUT2D eigenvalue weighted by molar-refractivity contribution is -0.150. The second-order valence-electron chi connectivity index (χ2n) is 5.25. The van der Waals surface area contributed by atoms with Crippen LogP contribution in [-0.4, -0.2) is 53.1 Å². The van der Waals surface area contributed by atoms with Gasteiger partial charge in [-0.3, -0.25) is 4.79 Å². The summed E-state index contributed by atoms with van der Waals surface area (Å²) in [7, 11) is 0. The third kappa shape index (κ3) is 3.15. The molecule has 0 radical (unpaired) electrons. The molecule has 0 aromatic heterocycles. The first-order valence-electron chi connectivity index (χ1n) is 6.72. The van der Waals surface area contributed by atoms with Crippen molar-refractivity contribution in [2.24, 2.45) is 5.41 Å². The van der Waals surface area contributed by atoms with E-state index in [1.807, 2.05) is 13.8 Å². The number of carbonyl (C=O) groups excluding carboxylic acids is 1. The summed E-state index contributed by atoms with van der Waals surface area (Å²) in [4.78, 5) is 27.0. The van der Waals surface area contributed by atoms with Crippen LogP contribution < -0.4 is 0 Å². The van der Waals surface area contributed by atoms with Crippen LogP contribution in [-0.2, 0) is 4.79 Å². The number of carbonyl (C=O) groups is 2. The molecule has 0 aromatic rings. The Morgan fingerprint density at radius 3 is 2.56 bits per heavy atom. The zero-order valence-corrected chi connectivity index (χ0v) is 11.6. The van der Waals surface area contributed by atoms with Crippen LogP contribution in [0.25, 0.3) is 0 Å². The van der Waals surface area contributed by atoms with Gasteiger partial charge >= 0.3 is 12.0 Å². The van der Waals surface area contributed by atoms with E-state index in [1.54, 1.807) is 16.7 Å². The molecule has 1 aliphatic rings. The summed E-state index contributed by atoms with van der Waals surface area (Å²) in [5, 5.41) is 9.24. The number of carboxylic acid groups (broad SMARTS) is 1. The summed E-state index contributed by atoms with van der Waals surface area (Å²) in [6.07, 6.45) is 2.33. The van der Waals surface area contributed by atoms with Crippen LogP contribution in [0.1, 0.15) is 40.0 Å². The Morgan fingerprint density at radius 1 is 1.39 bits per heavy atom. The van der Waals surface area contributed by atoms with Crippen LogP contribution in [0, 0.1) is 5.41 Å². The molecule has 5 heteroatoms. The predicted octanol–water partition coefficient (Wildman–Crippen LogP) is 2.03. The second kappa shape index (κ2) is 6.07. The van der Waals surface area contributed by atoms with Crippen molar-refractivity contribution in [3.63, 3.8) is 0 Å². The lowest BCUT2D eigenvalue weighted by Crippen LogP contribution is -2.52. The molecule has 0 spiro atoms. The van der Waals surface area contributed by atoms with Crippen molar-refractivity contribution < 1.29 is 14.7 Å². The van der Waals surface area contributed by atoms with Crippen molar-refractivity contribution in [2.45, 2.75) is 40.0 Å². The number of hydrogen-bond acceptors (Lipinski definition) is 2. The Hall–Kier alpha value is -1.26. The van der Waals surface area contributed by atoms with Crippen molar-refractivity contribution in [3.8, 4) is 0 Å². The summed E-state index contributed by atoms with van der Waals surface area (Å²) < 4.78 is 0. The lowest BCUT2D eigenvalue weighted by Gasteiger charge is -2.39. The van der Waals surface area contributed by atoms with Crippen molar-refractivity contribution in [1.29, 1.82) is 0 Å². The summed E-state index contributed by atoms with van der Waals surface area (Å²) in [6.45, 7) is 8.11. The molecular weight excluding hydrogens is 232 g/mol. The van der Waals surface area contributed by atoms with Crippen LogP contribution in [0.4, 0.5) is 4.79 Å². The molecule has 104 valence electrons. The highest BCUT2D eigenvalue weighted by atomic mass is 16.4. The summed E-state index contributed by atoms with van der Waals surface area (Å²) >= 11 is 0. The minimum Gasteiger partial charge on any atom is -0.481 e. The molecule has 1 aliphatic heterocycles. The van der Waals surface area contributed by atoms with Gasteiger partial charge in [0, 0.05) is 26.2 Å². The van der Waals surface area contributed by atoms with E-state index in [0.717, 1.165) is 19.4 Å². The number of likely N-dealkylation sites (tertiary alicyclic amines) is 1. The van der Waals surface area contributed by atoms with Gasteiger partial charge in [-0.1, -0.05) is 6.92 Å². The zero-order valence-electron chi connectivity index (χ0n) is 11.6. The topological polar surface area (TPSA) is 60.9 Å². The van der Waals surface area contributed by atoms with E-state index in [1.165, 1.54) is 0 Å². The SMILES string of the molecule is CCCN(CC)C(=O)N1CCCC(C)(C(=O)O)C1. The van der Waals surface area contributed by atoms with Gasteiger partial charge in [0.05, 0.1) is 5.41 Å². The molecular formula is C13H24N2O3. The largest absolute Gasteiger partial charge is 0.481 e. The first-order chi connectivity index (χ1) is 8.44. The smallest absolute Gasteiger partial charge is 0.320 e. The molecule has 1 N–H and O–H groups in total. The number of aliphatic carboxylic acids is 1. The lowest BCUT2D eigenvalue weighted by atomic mass is 9.82. The molecule has 0 aliphatic carbocycles. The van der Waals surface area contributed by atoms with E-state index in [2.05, 4.69) is 0 Å². The van der Waals surface area contributed by atoms with E-state index in [0.29, 0.717) is 26.1 Å². The van der Waals surface area contributed by atoms with Gasteiger partial charge in [-0.15, -0.1) is 0 Å². The number of amides is 2. The summed E-state index contributed by atoms with van der Waals surface area (Å²) in [6, 6.07) is -0.0217. The van der Waals surface area contributed by atoms with Crippen LogP contribution in [0.5, 0.6) is 0 Å². The van der Waals surface area contributed by atoms with Crippen LogP contribution in [0.2, 0.25) is 0 Å². The van der Waals surface area contributed by atoms with E-state index in [-0.39, 0.29) is 6.03 Å². The molecule has 0 saturated carbocycles. The Morgan fingerprint density at radius 2 is 2.06 bits per heavy atom. The first-order valence-corrected chi connectivity index (χ1v) is 6.72. The first kappa shape index (κ1) is 14.8. The third-order valence-electron chi connectivity index (χ3n) is 3.63. The van der Waals surface area contributed by atoms with Gasteiger partial charge in [0.15, 0.2) is 0 Å². The molecule has 1 heterocycles. The molecule has 0 aromatic carbocycles. The number of carboxylic acids is 1. The molecule has 2 amide bonds. The molecule has 1 unspecified atom stereocenters. The van der Waals surface area contributed by atoms with Crippen LogP contribution in [0.3, 0.4) is 0 Å². The number of nitrogens with zero attached hydrogens (tertiary/aromatic N) is 2. The van der Waals surface area contributed by atoms with Crippen molar-refractivity contribution >= 4 is 12.0 Å². The molecule has 1 rings (SSSR count). The minimum absolute atomic E-state index is 0.0217. The monoisotopic (exact) mass is 256 g/mol. The van der Waals surface area contributed by atoms with E-state index >= 15 is 0 Å². The predicted molar refractivity (Wildman–Crippen MR) is 69.5 cm³/mol. The van der Waals surface area contributed by atoms with Crippen LogP contribution >= 0.6 is 0 Å². The number of piperidine rings is 1. The van der Waals surface area contributed by atoms with Gasteiger partial charge in [0.25, 0.3) is 0 Å². The van der Waals surface area contributed by atoms with Crippen LogP contribution in [0.15, 0.2) is 0 Å². The van der Waals surface area contributed by atoms with Gasteiger partial charge in [-0.05, 0) is 33.1 Å². The van der Waals surface area contributed by atoms with E-state index in [4.69, 9.17) is 0 Å². The number of rotatable bonds is 4. The molecule has 5 nitrogen and oxygen atoms in total. The summed E-state index contributed by atoms with van der Waals surface area (Å²) in [5.41, 5.74) is -0.792. The summed E-state index contributed by atoms with van der Waals surface area (Å²) in [5.74, 6) is -0.807. The van der Waals surface area contributed by atoms with Gasteiger partial charge in [-0.25, -0.2) is 4.79 Å². The molecule has 1 fully saturated rings. The number of urea groups is 1. The fraction of sp³-hybridized carbons (Fsp3) is 0.846. The zero-order chi connectivity index (χ0) is 13.8. The minimum atomic E-state index is -0.807. The fourth-order valence-electron chi connectivity index (χ4n) is 2.44. The Labute approximate surface area is 109 Å². The van der Waals surface area contributed by atoms with Crippen molar-refractivity contribution in [1.82, 2.24) is 9.80 Å². The van der Waals surface area contributed by atoms with Crippen molar-refractivity contribution in [2.75, 3.05) is 26.2 Å². The van der Waals surface area contributed by atoms with Gasteiger partial charge in [0.2, 0.25) is 0 Å².